The van der Waals surface area contributed by atoms with Gasteiger partial charge in [0.15, 0.2) is 0 Å². The van der Waals surface area contributed by atoms with Gasteiger partial charge in [-0.15, -0.1) is 0 Å². The van der Waals surface area contributed by atoms with Gasteiger partial charge in [0.2, 0.25) is 0 Å². The maximum atomic E-state index is 13.3. The van der Waals surface area contributed by atoms with Crippen molar-refractivity contribution in [3.05, 3.63) is 130 Å². The summed E-state index contributed by atoms with van der Waals surface area (Å²) in [6.45, 7) is 2.09. The molecule has 1 amide bonds. The molecular weight excluding hydrogens is 535 g/mol. The normalized spacial score (nSPS) is 16.7. The second-order valence-electron chi connectivity index (χ2n) is 9.56. The number of phenols is 1. The van der Waals surface area contributed by atoms with Crippen LogP contribution in [0, 0.1) is 6.92 Å². The number of aliphatic hydroxyl groups excluding tert-OH is 1. The van der Waals surface area contributed by atoms with Crippen LogP contribution in [0.5, 0.6) is 11.5 Å². The number of carbonyl (C=O) groups is 2. The van der Waals surface area contributed by atoms with Crippen LogP contribution in [0.25, 0.3) is 5.76 Å². The molecule has 208 valence electrons. The van der Waals surface area contributed by atoms with E-state index in [9.17, 15) is 33.0 Å². The zero-order valence-corrected chi connectivity index (χ0v) is 21.7. The third-order valence-electron chi connectivity index (χ3n) is 6.79. The molecule has 9 heteroatoms. The Morgan fingerprint density at radius 1 is 0.902 bits per heavy atom. The van der Waals surface area contributed by atoms with E-state index < -0.39 is 35.2 Å². The average molecular weight is 560 g/mol. The van der Waals surface area contributed by atoms with Crippen molar-refractivity contribution in [1.29, 1.82) is 0 Å². The summed E-state index contributed by atoms with van der Waals surface area (Å²) >= 11 is 0. The van der Waals surface area contributed by atoms with Crippen molar-refractivity contribution < 1.29 is 37.7 Å². The number of hydrogen-bond acceptors (Lipinski definition) is 5. The summed E-state index contributed by atoms with van der Waals surface area (Å²) in [5.41, 5.74) is 0.988. The van der Waals surface area contributed by atoms with Crippen molar-refractivity contribution in [2.24, 2.45) is 0 Å². The number of benzene rings is 4. The SMILES string of the molecule is Cc1cc(/C(O)=C2/C(=O)C(=O)N(c3ccc(C(F)(F)F)cc3)C2c2cccc(O)c2)ccc1OCc1ccccc1. The highest BCUT2D eigenvalue weighted by atomic mass is 19.4. The van der Waals surface area contributed by atoms with Crippen molar-refractivity contribution in [2.45, 2.75) is 25.7 Å². The van der Waals surface area contributed by atoms with Crippen LogP contribution >= 0.6 is 0 Å². The number of ketones is 1. The number of aliphatic hydroxyl groups is 1. The number of ether oxygens (including phenoxy) is 1. The standard InChI is InChI=1S/C32H24F3NO5/c1-19-16-22(10-15-26(19)41-18-20-6-3-2-4-7-20)29(38)27-28(21-8-5-9-25(37)17-21)36(31(40)30(27)39)24-13-11-23(12-14-24)32(33,34)35/h2-17,28,37-38H,18H2,1H3/b29-27-. The summed E-state index contributed by atoms with van der Waals surface area (Å²) < 4.78 is 45.4. The number of halogens is 3. The summed E-state index contributed by atoms with van der Waals surface area (Å²) in [7, 11) is 0. The highest BCUT2D eigenvalue weighted by molar-refractivity contribution is 6.51. The minimum absolute atomic E-state index is 0.0216. The molecule has 1 aliphatic heterocycles. The number of hydrogen-bond donors (Lipinski definition) is 2. The quantitative estimate of drug-likeness (QED) is 0.152. The maximum absolute atomic E-state index is 13.3. The lowest BCUT2D eigenvalue weighted by Gasteiger charge is -2.26. The van der Waals surface area contributed by atoms with Gasteiger partial charge in [0.05, 0.1) is 17.2 Å². The molecule has 1 heterocycles. The van der Waals surface area contributed by atoms with Gasteiger partial charge in [0.25, 0.3) is 11.7 Å². The molecule has 1 unspecified atom stereocenters. The zero-order chi connectivity index (χ0) is 29.3. The predicted octanol–water partition coefficient (Wildman–Crippen LogP) is 6.92. The van der Waals surface area contributed by atoms with Crippen molar-refractivity contribution >= 4 is 23.1 Å². The molecule has 1 atom stereocenters. The van der Waals surface area contributed by atoms with Gasteiger partial charge >= 0.3 is 6.18 Å². The van der Waals surface area contributed by atoms with E-state index in [1.165, 1.54) is 18.2 Å². The number of aryl methyl sites for hydroxylation is 1. The Kier molecular flexibility index (Phi) is 7.28. The van der Waals surface area contributed by atoms with E-state index in [1.807, 2.05) is 30.3 Å². The van der Waals surface area contributed by atoms with Crippen LogP contribution in [-0.2, 0) is 22.4 Å². The van der Waals surface area contributed by atoms with Crippen molar-refractivity contribution in [2.75, 3.05) is 4.90 Å². The third-order valence-corrected chi connectivity index (χ3v) is 6.79. The molecule has 0 radical (unpaired) electrons. The van der Waals surface area contributed by atoms with Crippen LogP contribution in [0.15, 0.2) is 103 Å². The molecule has 4 aromatic rings. The Balaban J connectivity index is 1.56. The van der Waals surface area contributed by atoms with Crippen LogP contribution in [0.4, 0.5) is 18.9 Å². The van der Waals surface area contributed by atoms with Gasteiger partial charge in [-0.2, -0.15) is 13.2 Å². The summed E-state index contributed by atoms with van der Waals surface area (Å²) in [5.74, 6) is -2.11. The van der Waals surface area contributed by atoms with Crippen molar-refractivity contribution in [1.82, 2.24) is 0 Å². The van der Waals surface area contributed by atoms with Gasteiger partial charge in [0, 0.05) is 11.3 Å². The van der Waals surface area contributed by atoms with Gasteiger partial charge in [-0.05, 0) is 78.2 Å². The Labute approximate surface area is 233 Å². The topological polar surface area (TPSA) is 87.1 Å². The van der Waals surface area contributed by atoms with E-state index in [0.717, 1.165) is 34.7 Å². The van der Waals surface area contributed by atoms with E-state index in [4.69, 9.17) is 4.74 Å². The molecule has 0 bridgehead atoms. The third kappa shape index (κ3) is 5.51. The highest BCUT2D eigenvalue weighted by Gasteiger charge is 2.47. The fourth-order valence-corrected chi connectivity index (χ4v) is 4.77. The fraction of sp³-hybridized carbons (Fsp3) is 0.125. The number of rotatable bonds is 6. The lowest BCUT2D eigenvalue weighted by atomic mass is 9.94. The number of nitrogens with zero attached hydrogens (tertiary/aromatic N) is 1. The lowest BCUT2D eigenvalue weighted by molar-refractivity contribution is -0.137. The smallest absolute Gasteiger partial charge is 0.416 e. The molecular formula is C32H24F3NO5. The van der Waals surface area contributed by atoms with Gasteiger partial charge < -0.3 is 14.9 Å². The van der Waals surface area contributed by atoms with Crippen LogP contribution < -0.4 is 9.64 Å². The first-order valence-corrected chi connectivity index (χ1v) is 12.6. The lowest BCUT2D eigenvalue weighted by Crippen LogP contribution is -2.29. The second-order valence-corrected chi connectivity index (χ2v) is 9.56. The minimum Gasteiger partial charge on any atom is -0.508 e. The number of amides is 1. The monoisotopic (exact) mass is 559 g/mol. The minimum atomic E-state index is -4.59. The number of phenolic OH excluding ortho intramolecular Hbond substituents is 1. The molecule has 1 aliphatic rings. The molecule has 4 aromatic carbocycles. The molecule has 1 saturated heterocycles. The largest absolute Gasteiger partial charge is 0.508 e. The molecule has 0 aliphatic carbocycles. The maximum Gasteiger partial charge on any atom is 0.416 e. The zero-order valence-electron chi connectivity index (χ0n) is 21.7. The van der Waals surface area contributed by atoms with E-state index in [-0.39, 0.29) is 28.1 Å². The molecule has 41 heavy (non-hydrogen) atoms. The Hall–Kier alpha value is -5.05. The number of aromatic hydroxyl groups is 1. The van der Waals surface area contributed by atoms with Crippen LogP contribution in [0.3, 0.4) is 0 Å². The van der Waals surface area contributed by atoms with E-state index in [2.05, 4.69) is 0 Å². The average Bonchev–Trinajstić information content (AvgIpc) is 3.22. The number of Topliss-reactive ketones (excluding diaryl/α,β-unsaturated/α-hetero) is 1. The van der Waals surface area contributed by atoms with Crippen LogP contribution in [-0.4, -0.2) is 21.9 Å². The number of alkyl halides is 3. The van der Waals surface area contributed by atoms with Gasteiger partial charge in [-0.1, -0.05) is 42.5 Å². The first-order chi connectivity index (χ1) is 19.5. The van der Waals surface area contributed by atoms with Crippen LogP contribution in [0.2, 0.25) is 0 Å². The van der Waals surface area contributed by atoms with E-state index in [0.29, 0.717) is 17.9 Å². The molecule has 0 saturated carbocycles. The van der Waals surface area contributed by atoms with Gasteiger partial charge in [-0.3, -0.25) is 14.5 Å². The number of carbonyl (C=O) groups excluding carboxylic acids is 2. The second kappa shape index (κ2) is 10.8. The summed E-state index contributed by atoms with van der Waals surface area (Å²) in [4.78, 5) is 27.6. The molecule has 0 spiro atoms. The first kappa shape index (κ1) is 27.5. The molecule has 5 rings (SSSR count). The molecule has 0 aromatic heterocycles. The van der Waals surface area contributed by atoms with Gasteiger partial charge in [0.1, 0.15) is 23.9 Å². The number of anilines is 1. The molecule has 1 fully saturated rings. The van der Waals surface area contributed by atoms with E-state index in [1.54, 1.807) is 31.2 Å². The highest BCUT2D eigenvalue weighted by Crippen LogP contribution is 2.43. The first-order valence-electron chi connectivity index (χ1n) is 12.6. The molecule has 2 N–H and O–H groups in total. The molecule has 6 nitrogen and oxygen atoms in total. The Morgan fingerprint density at radius 2 is 1.61 bits per heavy atom. The van der Waals surface area contributed by atoms with E-state index >= 15 is 0 Å². The predicted molar refractivity (Wildman–Crippen MR) is 146 cm³/mol. The van der Waals surface area contributed by atoms with Crippen LogP contribution in [0.1, 0.15) is 33.9 Å². The van der Waals surface area contributed by atoms with Gasteiger partial charge in [-0.25, -0.2) is 0 Å². The van der Waals surface area contributed by atoms with Crippen molar-refractivity contribution in [3.8, 4) is 11.5 Å². The Morgan fingerprint density at radius 3 is 2.24 bits per heavy atom. The fourth-order valence-electron chi connectivity index (χ4n) is 4.77. The summed E-state index contributed by atoms with van der Waals surface area (Å²) in [6.07, 6.45) is -4.59. The van der Waals surface area contributed by atoms with Crippen molar-refractivity contribution in [3.63, 3.8) is 0 Å². The summed E-state index contributed by atoms with van der Waals surface area (Å²) in [5, 5.41) is 21.5. The Bertz CT molecular complexity index is 1650. The summed E-state index contributed by atoms with van der Waals surface area (Å²) in [6, 6.07) is 22.7.